The van der Waals surface area contributed by atoms with E-state index in [1.54, 1.807) is 25.4 Å². The Morgan fingerprint density at radius 3 is 2.50 bits per heavy atom. The van der Waals surface area contributed by atoms with Crippen LogP contribution in [0.1, 0.15) is 19.8 Å². The second-order valence-electron chi connectivity index (χ2n) is 6.34. The number of carbonyl (C=O) groups is 3. The topological polar surface area (TPSA) is 99.6 Å². The van der Waals surface area contributed by atoms with Crippen LogP contribution in [0.4, 0.5) is 18.9 Å². The van der Waals surface area contributed by atoms with E-state index in [1.807, 2.05) is 11.0 Å². The van der Waals surface area contributed by atoms with Gasteiger partial charge in [-0.05, 0) is 25.0 Å². The van der Waals surface area contributed by atoms with Gasteiger partial charge in [0.1, 0.15) is 0 Å². The first kappa shape index (κ1) is 19.7. The summed E-state index contributed by atoms with van der Waals surface area (Å²) in [5.41, 5.74) is 0.772. The molecule has 0 radical (unpaired) electrons. The molecule has 26 heavy (non-hydrogen) atoms. The highest BCUT2D eigenvalue weighted by atomic mass is 19.4. The summed E-state index contributed by atoms with van der Waals surface area (Å²) in [6, 6.07) is 3.63. The van der Waals surface area contributed by atoms with Crippen LogP contribution in [0.3, 0.4) is 0 Å². The minimum absolute atomic E-state index is 0.0389. The molecule has 2 N–H and O–H groups in total. The van der Waals surface area contributed by atoms with Crippen molar-refractivity contribution in [2.45, 2.75) is 25.9 Å². The lowest BCUT2D eigenvalue weighted by Gasteiger charge is -2.13. The fourth-order valence-electron chi connectivity index (χ4n) is 3.00. The minimum atomic E-state index is -5.08. The summed E-state index contributed by atoms with van der Waals surface area (Å²) in [7, 11) is 0. The molecule has 1 aliphatic heterocycles. The summed E-state index contributed by atoms with van der Waals surface area (Å²) in [6.07, 6.45) is 0.0695. The molecule has 1 spiro atoms. The number of alkyl halides is 3. The van der Waals surface area contributed by atoms with Crippen molar-refractivity contribution in [2.24, 2.45) is 11.3 Å². The highest BCUT2D eigenvalue weighted by molar-refractivity contribution is 5.95. The first-order valence-corrected chi connectivity index (χ1v) is 7.82. The van der Waals surface area contributed by atoms with Crippen LogP contribution in [0.2, 0.25) is 0 Å². The third kappa shape index (κ3) is 4.70. The number of anilines is 1. The SMILES string of the molecule is CC(=O)N1CCC2(CC2C(=O)Nc2cccnc2)C1.O=C(O)C(F)(F)F. The van der Waals surface area contributed by atoms with Gasteiger partial charge in [0, 0.05) is 37.5 Å². The zero-order valence-corrected chi connectivity index (χ0v) is 13.9. The Morgan fingerprint density at radius 1 is 1.38 bits per heavy atom. The van der Waals surface area contributed by atoms with Crippen LogP contribution in [-0.2, 0) is 14.4 Å². The number of aromatic nitrogens is 1. The van der Waals surface area contributed by atoms with Gasteiger partial charge in [-0.1, -0.05) is 0 Å². The Balaban J connectivity index is 0.000000298. The van der Waals surface area contributed by atoms with Gasteiger partial charge in [-0.2, -0.15) is 13.2 Å². The maximum absolute atomic E-state index is 12.2. The van der Waals surface area contributed by atoms with Crippen LogP contribution in [0.5, 0.6) is 0 Å². The van der Waals surface area contributed by atoms with E-state index in [-0.39, 0.29) is 23.1 Å². The Kier molecular flexibility index (Phi) is 5.53. The van der Waals surface area contributed by atoms with E-state index in [2.05, 4.69) is 10.3 Å². The van der Waals surface area contributed by atoms with Gasteiger partial charge in [-0.3, -0.25) is 14.6 Å². The van der Waals surface area contributed by atoms with Gasteiger partial charge in [0.15, 0.2) is 0 Å². The van der Waals surface area contributed by atoms with Crippen molar-refractivity contribution in [3.05, 3.63) is 24.5 Å². The maximum Gasteiger partial charge on any atom is 0.490 e. The maximum atomic E-state index is 12.2. The number of likely N-dealkylation sites (tertiary alicyclic amines) is 1. The number of nitrogens with zero attached hydrogens (tertiary/aromatic N) is 2. The van der Waals surface area contributed by atoms with Gasteiger partial charge in [0.05, 0.1) is 11.9 Å². The van der Waals surface area contributed by atoms with Gasteiger partial charge in [-0.25, -0.2) is 4.79 Å². The third-order valence-electron chi connectivity index (χ3n) is 4.51. The second kappa shape index (κ2) is 7.30. The van der Waals surface area contributed by atoms with Crippen molar-refractivity contribution < 1.29 is 32.7 Å². The molecule has 1 aromatic heterocycles. The molecule has 2 amide bonds. The molecule has 7 nitrogen and oxygen atoms in total. The number of pyridine rings is 1. The van der Waals surface area contributed by atoms with Gasteiger partial charge in [0.2, 0.25) is 11.8 Å². The largest absolute Gasteiger partial charge is 0.490 e. The average Bonchev–Trinajstić information content (AvgIpc) is 3.08. The molecular formula is C16H18F3N3O4. The summed E-state index contributed by atoms with van der Waals surface area (Å²) >= 11 is 0. The number of carboxylic acid groups (broad SMARTS) is 1. The minimum Gasteiger partial charge on any atom is -0.475 e. The van der Waals surface area contributed by atoms with Crippen molar-refractivity contribution >= 4 is 23.5 Å². The molecule has 1 saturated carbocycles. The van der Waals surface area contributed by atoms with Gasteiger partial charge in [-0.15, -0.1) is 0 Å². The summed E-state index contributed by atoms with van der Waals surface area (Å²) in [5, 5.41) is 10.0. The van der Waals surface area contributed by atoms with E-state index in [0.29, 0.717) is 0 Å². The molecule has 2 aliphatic rings. The van der Waals surface area contributed by atoms with Crippen LogP contribution in [0, 0.1) is 11.3 Å². The number of hydrogen-bond donors (Lipinski definition) is 2. The first-order chi connectivity index (χ1) is 12.0. The van der Waals surface area contributed by atoms with E-state index in [9.17, 15) is 22.8 Å². The number of carboxylic acids is 1. The van der Waals surface area contributed by atoms with E-state index >= 15 is 0 Å². The Morgan fingerprint density at radius 2 is 2.04 bits per heavy atom. The van der Waals surface area contributed by atoms with E-state index in [0.717, 1.165) is 31.6 Å². The predicted molar refractivity (Wildman–Crippen MR) is 84.0 cm³/mol. The Hall–Kier alpha value is -2.65. The number of nitrogens with one attached hydrogen (secondary N) is 1. The lowest BCUT2D eigenvalue weighted by atomic mass is 10.0. The highest BCUT2D eigenvalue weighted by Crippen LogP contribution is 2.58. The molecule has 1 aromatic rings. The van der Waals surface area contributed by atoms with Crippen molar-refractivity contribution in [1.82, 2.24) is 9.88 Å². The van der Waals surface area contributed by atoms with Crippen LogP contribution < -0.4 is 5.32 Å². The molecule has 0 aromatic carbocycles. The molecule has 2 heterocycles. The molecule has 2 atom stereocenters. The normalized spacial score (nSPS) is 23.8. The first-order valence-electron chi connectivity index (χ1n) is 7.82. The molecular weight excluding hydrogens is 355 g/mol. The summed E-state index contributed by atoms with van der Waals surface area (Å²) in [5.74, 6) is -2.56. The highest BCUT2D eigenvalue weighted by Gasteiger charge is 2.61. The second-order valence-corrected chi connectivity index (χ2v) is 6.34. The lowest BCUT2D eigenvalue weighted by Crippen LogP contribution is -2.27. The van der Waals surface area contributed by atoms with Gasteiger partial charge < -0.3 is 15.3 Å². The number of halogens is 3. The Labute approximate surface area is 147 Å². The molecule has 1 aliphatic carbocycles. The standard InChI is InChI=1S/C14H17N3O2.C2HF3O2/c1-10(18)17-6-4-14(9-17)7-12(14)13(19)16-11-3-2-5-15-8-11;3-2(4,5)1(6)7/h2-3,5,8,12H,4,6-7,9H2,1H3,(H,16,19);(H,6,7). The van der Waals surface area contributed by atoms with E-state index in [4.69, 9.17) is 9.90 Å². The molecule has 3 rings (SSSR count). The lowest BCUT2D eigenvalue weighted by molar-refractivity contribution is -0.192. The molecule has 0 bridgehead atoms. The zero-order chi connectivity index (χ0) is 19.5. The smallest absolute Gasteiger partial charge is 0.475 e. The van der Waals surface area contributed by atoms with Crippen LogP contribution >= 0.6 is 0 Å². The summed E-state index contributed by atoms with van der Waals surface area (Å²) in [6.45, 7) is 3.10. The van der Waals surface area contributed by atoms with Crippen LogP contribution in [0.15, 0.2) is 24.5 Å². The van der Waals surface area contributed by atoms with E-state index in [1.165, 1.54) is 0 Å². The fraction of sp³-hybridized carbons (Fsp3) is 0.500. The monoisotopic (exact) mass is 373 g/mol. The van der Waals surface area contributed by atoms with Gasteiger partial charge >= 0.3 is 12.1 Å². The fourth-order valence-corrected chi connectivity index (χ4v) is 3.00. The van der Waals surface area contributed by atoms with Gasteiger partial charge in [0.25, 0.3) is 0 Å². The van der Waals surface area contributed by atoms with Crippen LogP contribution in [-0.4, -0.2) is 52.0 Å². The van der Waals surface area contributed by atoms with Crippen molar-refractivity contribution in [2.75, 3.05) is 18.4 Å². The number of hydrogen-bond acceptors (Lipinski definition) is 4. The number of aliphatic carboxylic acids is 1. The van der Waals surface area contributed by atoms with Crippen LogP contribution in [0.25, 0.3) is 0 Å². The number of carbonyl (C=O) groups excluding carboxylic acids is 2. The van der Waals surface area contributed by atoms with Crippen molar-refractivity contribution in [3.63, 3.8) is 0 Å². The van der Waals surface area contributed by atoms with E-state index < -0.39 is 12.1 Å². The average molecular weight is 373 g/mol. The predicted octanol–water partition coefficient (Wildman–Crippen LogP) is 1.91. The zero-order valence-electron chi connectivity index (χ0n) is 13.9. The molecule has 1 saturated heterocycles. The quantitative estimate of drug-likeness (QED) is 0.825. The third-order valence-corrected chi connectivity index (χ3v) is 4.51. The molecule has 2 unspecified atom stereocenters. The number of amides is 2. The summed E-state index contributed by atoms with van der Waals surface area (Å²) < 4.78 is 31.7. The molecule has 2 fully saturated rings. The summed E-state index contributed by atoms with van der Waals surface area (Å²) in [4.78, 5) is 38.2. The van der Waals surface area contributed by atoms with Crippen molar-refractivity contribution in [3.8, 4) is 0 Å². The number of rotatable bonds is 2. The van der Waals surface area contributed by atoms with Crippen molar-refractivity contribution in [1.29, 1.82) is 0 Å². The molecule has 10 heteroatoms. The molecule has 142 valence electrons. The Bertz CT molecular complexity index is 696.